The molecule has 5 heteroatoms. The van der Waals surface area contributed by atoms with Crippen LogP contribution in [0.1, 0.15) is 23.6 Å². The number of para-hydroxylation sites is 1. The largest absolute Gasteiger partial charge is 0.493 e. The van der Waals surface area contributed by atoms with E-state index < -0.39 is 0 Å². The molecule has 1 aromatic heterocycles. The number of benzene rings is 1. The second-order valence-corrected chi connectivity index (χ2v) is 5.25. The van der Waals surface area contributed by atoms with E-state index in [-0.39, 0.29) is 6.04 Å². The Balaban J connectivity index is 2.18. The number of nitrogens with one attached hydrogen (secondary N) is 1. The smallest absolute Gasteiger partial charge is 0.165 e. The zero-order valence-electron chi connectivity index (χ0n) is 11.8. The monoisotopic (exact) mass is 292 g/mol. The number of ether oxygens (including phenoxy) is 2. The summed E-state index contributed by atoms with van der Waals surface area (Å²) in [6, 6.07) is 8.01. The molecule has 0 amide bonds. The molecule has 1 unspecified atom stereocenters. The van der Waals surface area contributed by atoms with Crippen molar-refractivity contribution in [1.29, 1.82) is 0 Å². The molecule has 3 N–H and O–H groups in total. The van der Waals surface area contributed by atoms with Crippen molar-refractivity contribution < 1.29 is 9.47 Å². The van der Waals surface area contributed by atoms with E-state index in [0.29, 0.717) is 0 Å². The molecule has 108 valence electrons. The Hall–Kier alpha value is -1.56. The van der Waals surface area contributed by atoms with Gasteiger partial charge < -0.3 is 9.47 Å². The Bertz CT molecular complexity index is 529. The molecule has 2 rings (SSSR count). The lowest BCUT2D eigenvalue weighted by atomic mass is 9.99. The van der Waals surface area contributed by atoms with Gasteiger partial charge in [0, 0.05) is 5.56 Å². The summed E-state index contributed by atoms with van der Waals surface area (Å²) >= 11 is 1.71. The Morgan fingerprint density at radius 3 is 2.70 bits per heavy atom. The third-order valence-electron chi connectivity index (χ3n) is 3.31. The zero-order chi connectivity index (χ0) is 14.4. The van der Waals surface area contributed by atoms with Gasteiger partial charge in [-0.05, 0) is 41.3 Å². The number of methoxy groups -OCH3 is 2. The van der Waals surface area contributed by atoms with E-state index in [4.69, 9.17) is 15.3 Å². The highest BCUT2D eigenvalue weighted by Crippen LogP contribution is 2.35. The molecule has 0 radical (unpaired) electrons. The Labute approximate surface area is 123 Å². The van der Waals surface area contributed by atoms with Gasteiger partial charge in [0.25, 0.3) is 0 Å². The minimum Gasteiger partial charge on any atom is -0.493 e. The summed E-state index contributed by atoms with van der Waals surface area (Å²) in [5, 5.41) is 4.25. The van der Waals surface area contributed by atoms with Crippen molar-refractivity contribution in [2.75, 3.05) is 14.2 Å². The second kappa shape index (κ2) is 7.28. The summed E-state index contributed by atoms with van der Waals surface area (Å²) in [5.41, 5.74) is 5.22. The number of hydrogen-bond acceptors (Lipinski definition) is 5. The fourth-order valence-electron chi connectivity index (χ4n) is 2.26. The van der Waals surface area contributed by atoms with Crippen LogP contribution in [-0.2, 0) is 6.42 Å². The highest BCUT2D eigenvalue weighted by molar-refractivity contribution is 7.07. The van der Waals surface area contributed by atoms with E-state index >= 15 is 0 Å². The minimum absolute atomic E-state index is 0.0277. The van der Waals surface area contributed by atoms with Crippen LogP contribution >= 0.6 is 11.3 Å². The number of hydrogen-bond donors (Lipinski definition) is 2. The van der Waals surface area contributed by atoms with Crippen LogP contribution < -0.4 is 20.7 Å². The van der Waals surface area contributed by atoms with Gasteiger partial charge in [-0.25, -0.2) is 0 Å². The van der Waals surface area contributed by atoms with Crippen LogP contribution in [0.15, 0.2) is 35.0 Å². The number of nitrogens with two attached hydrogens (primary N) is 1. The molecule has 0 spiro atoms. The van der Waals surface area contributed by atoms with Crippen LogP contribution in [0, 0.1) is 0 Å². The van der Waals surface area contributed by atoms with Crippen molar-refractivity contribution >= 4 is 11.3 Å². The van der Waals surface area contributed by atoms with Crippen LogP contribution in [0.5, 0.6) is 11.5 Å². The van der Waals surface area contributed by atoms with Crippen molar-refractivity contribution in [3.8, 4) is 11.5 Å². The van der Waals surface area contributed by atoms with Gasteiger partial charge in [0.05, 0.1) is 20.3 Å². The fourth-order valence-corrected chi connectivity index (χ4v) is 2.96. The average molecular weight is 292 g/mol. The van der Waals surface area contributed by atoms with Crippen LogP contribution in [0.2, 0.25) is 0 Å². The summed E-state index contributed by atoms with van der Waals surface area (Å²) in [4.78, 5) is 0. The summed E-state index contributed by atoms with van der Waals surface area (Å²) in [5.74, 6) is 7.18. The van der Waals surface area contributed by atoms with Gasteiger partial charge >= 0.3 is 0 Å². The van der Waals surface area contributed by atoms with Gasteiger partial charge in [-0.15, -0.1) is 0 Å². The molecular weight excluding hydrogens is 272 g/mol. The molecule has 0 aliphatic carbocycles. The summed E-state index contributed by atoms with van der Waals surface area (Å²) in [6.07, 6.45) is 1.87. The first-order valence-electron chi connectivity index (χ1n) is 6.48. The maximum atomic E-state index is 5.72. The predicted octanol–water partition coefficient (Wildman–Crippen LogP) is 2.90. The van der Waals surface area contributed by atoms with Crippen molar-refractivity contribution in [3.63, 3.8) is 0 Å². The molecule has 0 aliphatic heterocycles. The quantitative estimate of drug-likeness (QED) is 0.608. The molecular formula is C15H20N2O2S. The zero-order valence-corrected chi connectivity index (χ0v) is 12.6. The van der Waals surface area contributed by atoms with Crippen molar-refractivity contribution in [2.45, 2.75) is 18.9 Å². The highest BCUT2D eigenvalue weighted by Gasteiger charge is 2.18. The van der Waals surface area contributed by atoms with E-state index in [1.807, 2.05) is 18.2 Å². The third-order valence-corrected chi connectivity index (χ3v) is 4.04. The van der Waals surface area contributed by atoms with E-state index in [1.54, 1.807) is 25.6 Å². The number of aryl methyl sites for hydroxylation is 1. The first kappa shape index (κ1) is 14.8. The molecule has 0 saturated heterocycles. The van der Waals surface area contributed by atoms with Gasteiger partial charge in [-0.1, -0.05) is 12.1 Å². The van der Waals surface area contributed by atoms with E-state index in [9.17, 15) is 0 Å². The van der Waals surface area contributed by atoms with E-state index in [1.165, 1.54) is 5.56 Å². The SMILES string of the molecule is COc1cccc(C(CCc2ccsc2)NN)c1OC. The lowest BCUT2D eigenvalue weighted by molar-refractivity contribution is 0.345. The normalized spacial score (nSPS) is 12.2. The molecule has 2 aromatic rings. The van der Waals surface area contributed by atoms with Crippen LogP contribution in [0.3, 0.4) is 0 Å². The van der Waals surface area contributed by atoms with Gasteiger partial charge in [-0.3, -0.25) is 11.3 Å². The molecule has 0 fully saturated rings. The molecule has 1 atom stereocenters. The molecule has 0 saturated carbocycles. The topological polar surface area (TPSA) is 56.5 Å². The van der Waals surface area contributed by atoms with Gasteiger partial charge in [0.15, 0.2) is 11.5 Å². The third kappa shape index (κ3) is 3.30. The van der Waals surface area contributed by atoms with Crippen molar-refractivity contribution in [2.24, 2.45) is 5.84 Å². The number of thiophene rings is 1. The van der Waals surface area contributed by atoms with Gasteiger partial charge in [-0.2, -0.15) is 11.3 Å². The first-order chi connectivity index (χ1) is 9.80. The lowest BCUT2D eigenvalue weighted by Gasteiger charge is -2.20. The fraction of sp³-hybridized carbons (Fsp3) is 0.333. The highest BCUT2D eigenvalue weighted by atomic mass is 32.1. The van der Waals surface area contributed by atoms with Crippen LogP contribution in [0.25, 0.3) is 0 Å². The maximum Gasteiger partial charge on any atom is 0.165 e. The number of rotatable bonds is 7. The van der Waals surface area contributed by atoms with E-state index in [2.05, 4.69) is 22.3 Å². The van der Waals surface area contributed by atoms with Crippen LogP contribution in [-0.4, -0.2) is 14.2 Å². The summed E-state index contributed by atoms with van der Waals surface area (Å²) in [6.45, 7) is 0. The summed E-state index contributed by atoms with van der Waals surface area (Å²) in [7, 11) is 3.28. The molecule has 0 aliphatic rings. The number of hydrazine groups is 1. The lowest BCUT2D eigenvalue weighted by Crippen LogP contribution is -2.28. The van der Waals surface area contributed by atoms with E-state index in [0.717, 1.165) is 29.9 Å². The second-order valence-electron chi connectivity index (χ2n) is 4.47. The Morgan fingerprint density at radius 2 is 2.10 bits per heavy atom. The predicted molar refractivity (Wildman–Crippen MR) is 82.3 cm³/mol. The molecule has 20 heavy (non-hydrogen) atoms. The maximum absolute atomic E-state index is 5.72. The van der Waals surface area contributed by atoms with Gasteiger partial charge in [0.2, 0.25) is 0 Å². The molecule has 0 bridgehead atoms. The Morgan fingerprint density at radius 1 is 1.25 bits per heavy atom. The molecule has 4 nitrogen and oxygen atoms in total. The van der Waals surface area contributed by atoms with Crippen molar-refractivity contribution in [1.82, 2.24) is 5.43 Å². The molecule has 1 aromatic carbocycles. The van der Waals surface area contributed by atoms with Gasteiger partial charge in [0.1, 0.15) is 0 Å². The average Bonchev–Trinajstić information content (AvgIpc) is 3.00. The van der Waals surface area contributed by atoms with Crippen LogP contribution in [0.4, 0.5) is 0 Å². The first-order valence-corrected chi connectivity index (χ1v) is 7.42. The summed E-state index contributed by atoms with van der Waals surface area (Å²) < 4.78 is 10.8. The van der Waals surface area contributed by atoms with Crippen molar-refractivity contribution in [3.05, 3.63) is 46.2 Å². The Kier molecular flexibility index (Phi) is 5.40. The molecule has 1 heterocycles. The minimum atomic E-state index is 0.0277. The standard InChI is InChI=1S/C15H20N2O2S/c1-18-14-5-3-4-12(15(14)19-2)13(17-16)7-6-11-8-9-20-10-11/h3-5,8-10,13,17H,6-7,16H2,1-2H3.